The monoisotopic (exact) mass is 320 g/mol. The zero-order chi connectivity index (χ0) is 13.8. The topological polar surface area (TPSA) is 35.5 Å². The third kappa shape index (κ3) is 3.35. The van der Waals surface area contributed by atoms with Gasteiger partial charge in [0.1, 0.15) is 11.5 Å². The van der Waals surface area contributed by atoms with E-state index >= 15 is 0 Å². The molecule has 0 unspecified atom stereocenters. The molecule has 0 saturated heterocycles. The number of hydrogen-bond donors (Lipinski definition) is 0. The van der Waals surface area contributed by atoms with E-state index in [1.165, 1.54) is 0 Å². The van der Waals surface area contributed by atoms with E-state index < -0.39 is 0 Å². The van der Waals surface area contributed by atoms with Crippen LogP contribution in [0.4, 0.5) is 0 Å². The molecule has 0 spiro atoms. The highest BCUT2D eigenvalue weighted by Crippen LogP contribution is 2.22. The van der Waals surface area contributed by atoms with Gasteiger partial charge in [0.25, 0.3) is 0 Å². The Kier molecular flexibility index (Phi) is 4.22. The number of benzene rings is 2. The Morgan fingerprint density at radius 2 is 1.68 bits per heavy atom. The lowest BCUT2D eigenvalue weighted by atomic mass is 10.2. The van der Waals surface area contributed by atoms with Gasteiger partial charge in [0, 0.05) is 4.47 Å². The molecule has 2 aromatic carbocycles. The molecule has 0 aliphatic heterocycles. The van der Waals surface area contributed by atoms with E-state index in [1.807, 2.05) is 19.1 Å². The highest BCUT2D eigenvalue weighted by molar-refractivity contribution is 9.10. The number of aryl methyl sites for hydroxylation is 1. The van der Waals surface area contributed by atoms with Crippen molar-refractivity contribution in [2.75, 3.05) is 7.11 Å². The summed E-state index contributed by atoms with van der Waals surface area (Å²) in [5.41, 5.74) is 1.50. The van der Waals surface area contributed by atoms with Crippen LogP contribution in [0.5, 0.6) is 11.5 Å². The smallest absolute Gasteiger partial charge is 0.343 e. The third-order valence-corrected chi connectivity index (χ3v) is 3.56. The largest absolute Gasteiger partial charge is 0.497 e. The first kappa shape index (κ1) is 13.6. The minimum absolute atomic E-state index is 0.385. The lowest BCUT2D eigenvalue weighted by molar-refractivity contribution is 0.0734. The van der Waals surface area contributed by atoms with Crippen LogP contribution in [0.15, 0.2) is 46.9 Å². The molecule has 0 saturated carbocycles. The van der Waals surface area contributed by atoms with E-state index in [-0.39, 0.29) is 5.97 Å². The number of carbonyl (C=O) groups excluding carboxylic acids is 1. The second-order valence-corrected chi connectivity index (χ2v) is 4.88. The summed E-state index contributed by atoms with van der Waals surface area (Å²) in [5, 5.41) is 0. The van der Waals surface area contributed by atoms with Crippen molar-refractivity contribution in [2.45, 2.75) is 6.92 Å². The fourth-order valence-corrected chi connectivity index (χ4v) is 1.82. The minimum atomic E-state index is -0.385. The first-order valence-corrected chi connectivity index (χ1v) is 6.52. The Labute approximate surface area is 120 Å². The third-order valence-electron chi connectivity index (χ3n) is 2.67. The molecule has 3 nitrogen and oxygen atoms in total. The number of esters is 1. The number of rotatable bonds is 3. The summed E-state index contributed by atoms with van der Waals surface area (Å²) < 4.78 is 11.3. The maximum atomic E-state index is 11.9. The van der Waals surface area contributed by atoms with Crippen molar-refractivity contribution in [3.63, 3.8) is 0 Å². The van der Waals surface area contributed by atoms with Crippen LogP contribution in [0.1, 0.15) is 15.9 Å². The molecule has 0 bridgehead atoms. The van der Waals surface area contributed by atoms with Gasteiger partial charge in [-0.25, -0.2) is 4.79 Å². The summed E-state index contributed by atoms with van der Waals surface area (Å²) in [7, 11) is 1.58. The van der Waals surface area contributed by atoms with Crippen molar-refractivity contribution in [3.8, 4) is 11.5 Å². The van der Waals surface area contributed by atoms with Crippen LogP contribution in [0.3, 0.4) is 0 Å². The maximum Gasteiger partial charge on any atom is 0.343 e. The molecule has 0 atom stereocenters. The first-order valence-electron chi connectivity index (χ1n) is 5.72. The van der Waals surface area contributed by atoms with Crippen molar-refractivity contribution in [1.29, 1.82) is 0 Å². The van der Waals surface area contributed by atoms with Crippen LogP contribution in [0, 0.1) is 6.92 Å². The van der Waals surface area contributed by atoms with Crippen LogP contribution in [0.25, 0.3) is 0 Å². The second-order valence-electron chi connectivity index (χ2n) is 4.03. The van der Waals surface area contributed by atoms with Crippen molar-refractivity contribution < 1.29 is 14.3 Å². The SMILES string of the molecule is COc1ccc(C(=O)Oc2ccc(Br)c(C)c2)cc1. The highest BCUT2D eigenvalue weighted by Gasteiger charge is 2.09. The van der Waals surface area contributed by atoms with Crippen molar-refractivity contribution in [3.05, 3.63) is 58.1 Å². The van der Waals surface area contributed by atoms with Crippen LogP contribution in [-0.4, -0.2) is 13.1 Å². The maximum absolute atomic E-state index is 11.9. The molecule has 2 rings (SSSR count). The van der Waals surface area contributed by atoms with Gasteiger partial charge in [0.2, 0.25) is 0 Å². The molecule has 19 heavy (non-hydrogen) atoms. The van der Waals surface area contributed by atoms with Gasteiger partial charge in [-0.15, -0.1) is 0 Å². The minimum Gasteiger partial charge on any atom is -0.497 e. The number of halogens is 1. The average Bonchev–Trinajstić information content (AvgIpc) is 2.43. The summed E-state index contributed by atoms with van der Waals surface area (Å²) in [5.74, 6) is 0.849. The van der Waals surface area contributed by atoms with E-state index in [0.29, 0.717) is 17.1 Å². The molecule has 0 fully saturated rings. The quantitative estimate of drug-likeness (QED) is 0.633. The van der Waals surface area contributed by atoms with E-state index in [0.717, 1.165) is 10.0 Å². The number of methoxy groups -OCH3 is 1. The van der Waals surface area contributed by atoms with Gasteiger partial charge in [-0.05, 0) is 55.0 Å². The number of ether oxygens (including phenoxy) is 2. The molecular formula is C15H13BrO3. The Morgan fingerprint density at radius 3 is 2.26 bits per heavy atom. The summed E-state index contributed by atoms with van der Waals surface area (Å²) in [4.78, 5) is 11.9. The van der Waals surface area contributed by atoms with Gasteiger partial charge in [0.15, 0.2) is 0 Å². The van der Waals surface area contributed by atoms with Gasteiger partial charge in [-0.3, -0.25) is 0 Å². The van der Waals surface area contributed by atoms with E-state index in [9.17, 15) is 4.79 Å². The Hall–Kier alpha value is -1.81. The van der Waals surface area contributed by atoms with Crippen LogP contribution >= 0.6 is 15.9 Å². The van der Waals surface area contributed by atoms with E-state index in [1.54, 1.807) is 37.4 Å². The molecule has 0 aromatic heterocycles. The van der Waals surface area contributed by atoms with E-state index in [4.69, 9.17) is 9.47 Å². The van der Waals surface area contributed by atoms with Gasteiger partial charge >= 0.3 is 5.97 Å². The molecule has 0 heterocycles. The van der Waals surface area contributed by atoms with Crippen LogP contribution in [-0.2, 0) is 0 Å². The number of carbonyl (C=O) groups is 1. The summed E-state index contributed by atoms with van der Waals surface area (Å²) in [6, 6.07) is 12.2. The zero-order valence-corrected chi connectivity index (χ0v) is 12.2. The first-order chi connectivity index (χ1) is 9.10. The van der Waals surface area contributed by atoms with Gasteiger partial charge in [-0.1, -0.05) is 15.9 Å². The van der Waals surface area contributed by atoms with Gasteiger partial charge in [0.05, 0.1) is 12.7 Å². The lowest BCUT2D eigenvalue weighted by Crippen LogP contribution is -2.08. The zero-order valence-electron chi connectivity index (χ0n) is 10.6. The highest BCUT2D eigenvalue weighted by atomic mass is 79.9. The fourth-order valence-electron chi connectivity index (χ4n) is 1.57. The molecule has 4 heteroatoms. The van der Waals surface area contributed by atoms with E-state index in [2.05, 4.69) is 15.9 Å². The van der Waals surface area contributed by atoms with Crippen molar-refractivity contribution >= 4 is 21.9 Å². The van der Waals surface area contributed by atoms with Gasteiger partial charge in [-0.2, -0.15) is 0 Å². The summed E-state index contributed by atoms with van der Waals surface area (Å²) in [6.07, 6.45) is 0. The summed E-state index contributed by atoms with van der Waals surface area (Å²) in [6.45, 7) is 1.94. The fraction of sp³-hybridized carbons (Fsp3) is 0.133. The Bertz CT molecular complexity index is 591. The van der Waals surface area contributed by atoms with Crippen molar-refractivity contribution in [1.82, 2.24) is 0 Å². The predicted octanol–water partition coefficient (Wildman–Crippen LogP) is 3.99. The average molecular weight is 321 g/mol. The standard InChI is InChI=1S/C15H13BrO3/c1-10-9-13(7-8-14(10)16)19-15(17)11-3-5-12(18-2)6-4-11/h3-9H,1-2H3. The second kappa shape index (κ2) is 5.89. The Balaban J connectivity index is 2.13. The molecule has 0 amide bonds. The van der Waals surface area contributed by atoms with Crippen LogP contribution in [0.2, 0.25) is 0 Å². The Morgan fingerprint density at radius 1 is 1.05 bits per heavy atom. The molecule has 0 N–H and O–H groups in total. The van der Waals surface area contributed by atoms with Crippen LogP contribution < -0.4 is 9.47 Å². The molecule has 0 aliphatic rings. The number of hydrogen-bond acceptors (Lipinski definition) is 3. The lowest BCUT2D eigenvalue weighted by Gasteiger charge is -2.06. The molecule has 0 radical (unpaired) electrons. The predicted molar refractivity (Wildman–Crippen MR) is 76.8 cm³/mol. The normalized spacial score (nSPS) is 10.1. The molecule has 2 aromatic rings. The molecule has 0 aliphatic carbocycles. The molecular weight excluding hydrogens is 308 g/mol. The summed E-state index contributed by atoms with van der Waals surface area (Å²) >= 11 is 3.40. The molecule has 98 valence electrons. The van der Waals surface area contributed by atoms with Crippen molar-refractivity contribution in [2.24, 2.45) is 0 Å². The van der Waals surface area contributed by atoms with Gasteiger partial charge < -0.3 is 9.47 Å².